The normalized spacial score (nSPS) is 13.8. The smallest absolute Gasteiger partial charge is 0.257 e. The van der Waals surface area contributed by atoms with Crippen LogP contribution in [0.5, 0.6) is 0 Å². The van der Waals surface area contributed by atoms with Crippen LogP contribution < -0.4 is 5.32 Å². The Bertz CT molecular complexity index is 697. The van der Waals surface area contributed by atoms with E-state index in [0.29, 0.717) is 17.3 Å². The Morgan fingerprint density at radius 3 is 2.90 bits per heavy atom. The summed E-state index contributed by atoms with van der Waals surface area (Å²) in [7, 11) is 0. The summed E-state index contributed by atoms with van der Waals surface area (Å²) in [5.41, 5.74) is 1.10. The van der Waals surface area contributed by atoms with Gasteiger partial charge in [0.05, 0.1) is 23.5 Å². The largest absolute Gasteiger partial charge is 0.318 e. The first kappa shape index (κ1) is 12.6. The molecule has 1 aliphatic rings. The SMILES string of the molecule is N#Cc1ccc(C(=O)Nc2cn(C3CC3)nc2Cl)cn1. The average molecular weight is 288 g/mol. The van der Waals surface area contributed by atoms with Gasteiger partial charge in [-0.1, -0.05) is 11.6 Å². The van der Waals surface area contributed by atoms with Crippen LogP contribution >= 0.6 is 11.6 Å². The van der Waals surface area contributed by atoms with Crippen molar-refractivity contribution in [3.63, 3.8) is 0 Å². The van der Waals surface area contributed by atoms with Crippen LogP contribution in [0.3, 0.4) is 0 Å². The van der Waals surface area contributed by atoms with E-state index in [0.717, 1.165) is 12.8 Å². The minimum absolute atomic E-state index is 0.265. The quantitative estimate of drug-likeness (QED) is 0.939. The number of hydrogen-bond donors (Lipinski definition) is 1. The molecule has 7 heteroatoms. The topological polar surface area (TPSA) is 83.6 Å². The Morgan fingerprint density at radius 2 is 2.30 bits per heavy atom. The van der Waals surface area contributed by atoms with Gasteiger partial charge in [-0.15, -0.1) is 0 Å². The maximum absolute atomic E-state index is 12.0. The standard InChI is InChI=1S/C13H10ClN5O/c14-12-11(7-19(18-12)10-3-4-10)17-13(20)8-1-2-9(5-15)16-6-8/h1-2,6-7,10H,3-4H2,(H,17,20). The van der Waals surface area contributed by atoms with Crippen LogP contribution in [-0.4, -0.2) is 20.7 Å². The second-order valence-electron chi connectivity index (χ2n) is 4.54. The molecule has 6 nitrogen and oxygen atoms in total. The summed E-state index contributed by atoms with van der Waals surface area (Å²) in [5.74, 6) is -0.334. The van der Waals surface area contributed by atoms with Crippen LogP contribution in [0.4, 0.5) is 5.69 Å². The molecular formula is C13H10ClN5O. The van der Waals surface area contributed by atoms with Gasteiger partial charge in [-0.3, -0.25) is 9.48 Å². The van der Waals surface area contributed by atoms with Crippen LogP contribution in [0.15, 0.2) is 24.5 Å². The summed E-state index contributed by atoms with van der Waals surface area (Å²) < 4.78 is 1.77. The molecule has 100 valence electrons. The van der Waals surface area contributed by atoms with Crippen molar-refractivity contribution in [3.05, 3.63) is 40.9 Å². The molecule has 20 heavy (non-hydrogen) atoms. The zero-order valence-electron chi connectivity index (χ0n) is 10.4. The molecule has 3 rings (SSSR count). The summed E-state index contributed by atoms with van der Waals surface area (Å²) in [6, 6.07) is 5.33. The van der Waals surface area contributed by atoms with Crippen molar-refractivity contribution in [1.29, 1.82) is 5.26 Å². The number of amides is 1. The highest BCUT2D eigenvalue weighted by molar-refractivity contribution is 6.32. The van der Waals surface area contributed by atoms with E-state index < -0.39 is 0 Å². The number of nitrogens with zero attached hydrogens (tertiary/aromatic N) is 4. The first-order valence-electron chi connectivity index (χ1n) is 6.09. The number of rotatable bonds is 3. The molecule has 1 N–H and O–H groups in total. The molecule has 1 amide bonds. The van der Waals surface area contributed by atoms with Gasteiger partial charge in [-0.2, -0.15) is 10.4 Å². The lowest BCUT2D eigenvalue weighted by Crippen LogP contribution is -2.12. The third-order valence-corrected chi connectivity index (χ3v) is 3.28. The number of hydrogen-bond acceptors (Lipinski definition) is 4. The van der Waals surface area contributed by atoms with Gasteiger partial charge in [0, 0.05) is 6.20 Å². The van der Waals surface area contributed by atoms with E-state index in [-0.39, 0.29) is 16.8 Å². The number of anilines is 1. The van der Waals surface area contributed by atoms with Crippen molar-refractivity contribution < 1.29 is 4.79 Å². The predicted octanol–water partition coefficient (Wildman–Crippen LogP) is 2.39. The Labute approximate surface area is 120 Å². The number of halogens is 1. The van der Waals surface area contributed by atoms with Gasteiger partial charge in [-0.05, 0) is 25.0 Å². The molecule has 0 aliphatic heterocycles. The fourth-order valence-electron chi connectivity index (χ4n) is 1.77. The van der Waals surface area contributed by atoms with E-state index in [2.05, 4.69) is 15.4 Å². The van der Waals surface area contributed by atoms with Crippen molar-refractivity contribution in [2.45, 2.75) is 18.9 Å². The fraction of sp³-hybridized carbons (Fsp3) is 0.231. The molecule has 2 heterocycles. The minimum Gasteiger partial charge on any atom is -0.318 e. The van der Waals surface area contributed by atoms with E-state index >= 15 is 0 Å². The zero-order valence-corrected chi connectivity index (χ0v) is 11.1. The summed E-state index contributed by atoms with van der Waals surface area (Å²) in [4.78, 5) is 15.9. The van der Waals surface area contributed by atoms with E-state index in [4.69, 9.17) is 16.9 Å². The molecule has 1 fully saturated rings. The van der Waals surface area contributed by atoms with Crippen LogP contribution in [0.2, 0.25) is 5.15 Å². The van der Waals surface area contributed by atoms with Gasteiger partial charge in [-0.25, -0.2) is 4.98 Å². The molecule has 0 bridgehead atoms. The van der Waals surface area contributed by atoms with E-state index in [1.165, 1.54) is 12.3 Å². The van der Waals surface area contributed by atoms with E-state index in [9.17, 15) is 4.79 Å². The van der Waals surface area contributed by atoms with Gasteiger partial charge >= 0.3 is 0 Å². The highest BCUT2D eigenvalue weighted by atomic mass is 35.5. The first-order chi connectivity index (χ1) is 9.67. The van der Waals surface area contributed by atoms with Gasteiger partial charge in [0.15, 0.2) is 5.15 Å². The number of aromatic nitrogens is 3. The van der Waals surface area contributed by atoms with Crippen molar-refractivity contribution in [1.82, 2.24) is 14.8 Å². The summed E-state index contributed by atoms with van der Waals surface area (Å²) >= 11 is 5.99. The Hall–Kier alpha value is -2.39. The molecule has 0 saturated heterocycles. The third-order valence-electron chi connectivity index (χ3n) is 3.00. The lowest BCUT2D eigenvalue weighted by Gasteiger charge is -2.02. The highest BCUT2D eigenvalue weighted by Gasteiger charge is 2.26. The average Bonchev–Trinajstić information content (AvgIpc) is 3.25. The van der Waals surface area contributed by atoms with Crippen molar-refractivity contribution in [2.75, 3.05) is 5.32 Å². The highest BCUT2D eigenvalue weighted by Crippen LogP contribution is 2.36. The second kappa shape index (κ2) is 4.94. The molecule has 1 saturated carbocycles. The van der Waals surface area contributed by atoms with Crippen LogP contribution in [0.1, 0.15) is 34.9 Å². The Kier molecular flexibility index (Phi) is 3.12. The lowest BCUT2D eigenvalue weighted by atomic mass is 10.2. The minimum atomic E-state index is -0.334. The number of nitrogens with one attached hydrogen (secondary N) is 1. The first-order valence-corrected chi connectivity index (χ1v) is 6.47. The molecular weight excluding hydrogens is 278 g/mol. The van der Waals surface area contributed by atoms with E-state index in [1.54, 1.807) is 16.9 Å². The van der Waals surface area contributed by atoms with Crippen LogP contribution in [-0.2, 0) is 0 Å². The summed E-state index contributed by atoms with van der Waals surface area (Å²) in [6.07, 6.45) is 5.26. The number of nitriles is 1. The monoisotopic (exact) mass is 287 g/mol. The summed E-state index contributed by atoms with van der Waals surface area (Å²) in [5, 5.41) is 15.8. The molecule has 0 spiro atoms. The predicted molar refractivity (Wildman–Crippen MR) is 72.4 cm³/mol. The molecule has 0 unspecified atom stereocenters. The van der Waals surface area contributed by atoms with Crippen molar-refractivity contribution >= 4 is 23.2 Å². The Balaban J connectivity index is 1.76. The number of carbonyl (C=O) groups excluding carboxylic acids is 1. The van der Waals surface area contributed by atoms with E-state index in [1.807, 2.05) is 6.07 Å². The molecule has 0 radical (unpaired) electrons. The van der Waals surface area contributed by atoms with Gasteiger partial charge in [0.1, 0.15) is 11.8 Å². The molecule has 2 aromatic rings. The van der Waals surface area contributed by atoms with Crippen molar-refractivity contribution in [2.24, 2.45) is 0 Å². The zero-order chi connectivity index (χ0) is 14.1. The molecule has 1 aliphatic carbocycles. The van der Waals surface area contributed by atoms with Crippen molar-refractivity contribution in [3.8, 4) is 6.07 Å². The molecule has 2 aromatic heterocycles. The van der Waals surface area contributed by atoms with Gasteiger partial charge in [0.2, 0.25) is 0 Å². The molecule has 0 aromatic carbocycles. The van der Waals surface area contributed by atoms with Gasteiger partial charge in [0.25, 0.3) is 5.91 Å². The molecule has 0 atom stereocenters. The Morgan fingerprint density at radius 1 is 1.50 bits per heavy atom. The van der Waals surface area contributed by atoms with Crippen LogP contribution in [0, 0.1) is 11.3 Å². The van der Waals surface area contributed by atoms with Crippen LogP contribution in [0.25, 0.3) is 0 Å². The third kappa shape index (κ3) is 2.49. The fourth-order valence-corrected chi connectivity index (χ4v) is 1.95. The maximum atomic E-state index is 12.0. The summed E-state index contributed by atoms with van der Waals surface area (Å²) in [6.45, 7) is 0. The number of carbonyl (C=O) groups is 1. The lowest BCUT2D eigenvalue weighted by molar-refractivity contribution is 0.102. The number of pyridine rings is 1. The van der Waals surface area contributed by atoms with Gasteiger partial charge < -0.3 is 5.32 Å². The maximum Gasteiger partial charge on any atom is 0.257 e. The second-order valence-corrected chi connectivity index (χ2v) is 4.90.